The molecule has 0 aliphatic carbocycles. The first-order valence-corrected chi connectivity index (χ1v) is 8.79. The van der Waals surface area contributed by atoms with E-state index < -0.39 is 0 Å². The molecule has 0 spiro atoms. The molecule has 0 bridgehead atoms. The Labute approximate surface area is 161 Å². The number of para-hydroxylation sites is 1. The number of hydrogen-bond donors (Lipinski definition) is 2. The van der Waals surface area contributed by atoms with Crippen molar-refractivity contribution >= 4 is 28.4 Å². The largest absolute Gasteiger partial charge is 0.462 e. The third kappa shape index (κ3) is 3.09. The van der Waals surface area contributed by atoms with Crippen LogP contribution in [-0.4, -0.2) is 25.7 Å². The van der Waals surface area contributed by atoms with Gasteiger partial charge in [0.25, 0.3) is 5.91 Å². The molecule has 8 nitrogen and oxygen atoms in total. The van der Waals surface area contributed by atoms with E-state index in [1.165, 1.54) is 12.6 Å². The summed E-state index contributed by atoms with van der Waals surface area (Å²) in [4.78, 5) is 20.9. The first-order chi connectivity index (χ1) is 13.3. The molecule has 3 heterocycles. The molecular formula is C20H20N6O2. The quantitative estimate of drug-likeness (QED) is 0.564. The number of furan rings is 1. The molecule has 0 aliphatic heterocycles. The summed E-state index contributed by atoms with van der Waals surface area (Å²) < 4.78 is 7.43. The molecule has 0 saturated carbocycles. The maximum atomic E-state index is 12.5. The fourth-order valence-electron chi connectivity index (χ4n) is 2.92. The van der Waals surface area contributed by atoms with Crippen LogP contribution >= 0.6 is 0 Å². The van der Waals surface area contributed by atoms with Crippen LogP contribution in [0.3, 0.4) is 0 Å². The normalized spacial score (nSPS) is 11.7. The standard InChI is InChI=1S/C20H20N6O2/c1-20(2,3)26-18-15(17(21)22-11-23-18)16(25-26)14-9-12(10-28-14)19(27)24-13-7-5-4-6-8-13/h4-11H,1-3H3,(H,24,27)(H2,21,22,23). The molecule has 0 unspecified atom stereocenters. The van der Waals surface area contributed by atoms with Gasteiger partial charge < -0.3 is 15.5 Å². The highest BCUT2D eigenvalue weighted by Crippen LogP contribution is 2.33. The van der Waals surface area contributed by atoms with Crippen molar-refractivity contribution in [3.63, 3.8) is 0 Å². The summed E-state index contributed by atoms with van der Waals surface area (Å²) >= 11 is 0. The molecule has 4 rings (SSSR count). The minimum absolute atomic E-state index is 0.273. The van der Waals surface area contributed by atoms with Crippen LogP contribution in [0.1, 0.15) is 31.1 Å². The van der Waals surface area contributed by atoms with Crippen LogP contribution in [0.15, 0.2) is 53.4 Å². The molecule has 1 aromatic carbocycles. The van der Waals surface area contributed by atoms with E-state index in [1.807, 2.05) is 51.1 Å². The molecule has 3 N–H and O–H groups in total. The molecule has 0 radical (unpaired) electrons. The number of fused-ring (bicyclic) bond motifs is 1. The Hall–Kier alpha value is -3.68. The predicted octanol–water partition coefficient (Wildman–Crippen LogP) is 3.68. The third-order valence-corrected chi connectivity index (χ3v) is 4.26. The van der Waals surface area contributed by atoms with Gasteiger partial charge in [0.1, 0.15) is 24.1 Å². The molecule has 8 heteroatoms. The van der Waals surface area contributed by atoms with Crippen LogP contribution in [0.2, 0.25) is 0 Å². The second-order valence-corrected chi connectivity index (χ2v) is 7.41. The van der Waals surface area contributed by atoms with E-state index in [1.54, 1.807) is 10.7 Å². The van der Waals surface area contributed by atoms with Crippen LogP contribution in [0, 0.1) is 0 Å². The minimum Gasteiger partial charge on any atom is -0.462 e. The van der Waals surface area contributed by atoms with Gasteiger partial charge in [-0.1, -0.05) is 18.2 Å². The first-order valence-electron chi connectivity index (χ1n) is 8.79. The Morgan fingerprint density at radius 1 is 1.18 bits per heavy atom. The summed E-state index contributed by atoms with van der Waals surface area (Å²) in [7, 11) is 0. The van der Waals surface area contributed by atoms with E-state index in [2.05, 4.69) is 20.4 Å². The lowest BCUT2D eigenvalue weighted by atomic mass is 10.1. The van der Waals surface area contributed by atoms with Gasteiger partial charge >= 0.3 is 0 Å². The first kappa shape index (κ1) is 17.7. The number of benzene rings is 1. The Morgan fingerprint density at radius 2 is 1.93 bits per heavy atom. The SMILES string of the molecule is CC(C)(C)n1nc(-c2cc(C(=O)Nc3ccccc3)co2)c2c(N)ncnc21. The van der Waals surface area contributed by atoms with Crippen molar-refractivity contribution in [1.82, 2.24) is 19.7 Å². The molecule has 4 aromatic rings. The number of hydrogen-bond acceptors (Lipinski definition) is 6. The molecule has 0 fully saturated rings. The van der Waals surface area contributed by atoms with Gasteiger partial charge in [-0.15, -0.1) is 0 Å². The molecule has 0 atom stereocenters. The molecule has 142 valence electrons. The number of amides is 1. The van der Waals surface area contributed by atoms with E-state index >= 15 is 0 Å². The lowest BCUT2D eigenvalue weighted by molar-refractivity contribution is 0.102. The van der Waals surface area contributed by atoms with Crippen molar-refractivity contribution in [1.29, 1.82) is 0 Å². The fourth-order valence-corrected chi connectivity index (χ4v) is 2.92. The molecule has 0 aliphatic rings. The number of aromatic nitrogens is 4. The highest BCUT2D eigenvalue weighted by Gasteiger charge is 2.25. The van der Waals surface area contributed by atoms with Gasteiger partial charge in [-0.2, -0.15) is 5.10 Å². The van der Waals surface area contributed by atoms with Crippen LogP contribution < -0.4 is 11.1 Å². The van der Waals surface area contributed by atoms with Crippen LogP contribution in [0.4, 0.5) is 11.5 Å². The Morgan fingerprint density at radius 3 is 2.64 bits per heavy atom. The van der Waals surface area contributed by atoms with Crippen molar-refractivity contribution in [2.75, 3.05) is 11.1 Å². The number of rotatable bonds is 3. The van der Waals surface area contributed by atoms with Crippen LogP contribution in [-0.2, 0) is 5.54 Å². The second-order valence-electron chi connectivity index (χ2n) is 7.41. The van der Waals surface area contributed by atoms with E-state index in [9.17, 15) is 4.79 Å². The van der Waals surface area contributed by atoms with Gasteiger partial charge in [0.2, 0.25) is 0 Å². The zero-order chi connectivity index (χ0) is 19.9. The van der Waals surface area contributed by atoms with Crippen molar-refractivity contribution in [3.05, 3.63) is 54.6 Å². The maximum absolute atomic E-state index is 12.5. The zero-order valence-electron chi connectivity index (χ0n) is 15.8. The summed E-state index contributed by atoms with van der Waals surface area (Å²) in [6.07, 6.45) is 2.81. The van der Waals surface area contributed by atoms with E-state index in [-0.39, 0.29) is 11.4 Å². The highest BCUT2D eigenvalue weighted by molar-refractivity contribution is 6.05. The maximum Gasteiger partial charge on any atom is 0.258 e. The fraction of sp³-hybridized carbons (Fsp3) is 0.200. The van der Waals surface area contributed by atoms with Gasteiger partial charge in [0, 0.05) is 5.69 Å². The van der Waals surface area contributed by atoms with Gasteiger partial charge in [-0.25, -0.2) is 14.6 Å². The lowest BCUT2D eigenvalue weighted by Crippen LogP contribution is -2.23. The zero-order valence-corrected chi connectivity index (χ0v) is 15.8. The summed E-state index contributed by atoms with van der Waals surface area (Å²) in [5.41, 5.74) is 7.97. The average molecular weight is 376 g/mol. The number of nitrogen functional groups attached to an aromatic ring is 1. The summed E-state index contributed by atoms with van der Waals surface area (Å²) in [5, 5.41) is 8.08. The molecule has 1 amide bonds. The predicted molar refractivity (Wildman–Crippen MR) is 107 cm³/mol. The Balaban J connectivity index is 1.75. The minimum atomic E-state index is -0.322. The van der Waals surface area contributed by atoms with E-state index in [4.69, 9.17) is 10.2 Å². The number of carbonyl (C=O) groups excluding carboxylic acids is 1. The molecule has 3 aromatic heterocycles. The average Bonchev–Trinajstić information content (AvgIpc) is 3.27. The summed E-state index contributed by atoms with van der Waals surface area (Å²) in [6, 6.07) is 10.9. The van der Waals surface area contributed by atoms with Crippen molar-refractivity contribution < 1.29 is 9.21 Å². The number of carbonyl (C=O) groups is 1. The second kappa shape index (κ2) is 6.49. The van der Waals surface area contributed by atoms with Crippen molar-refractivity contribution in [2.24, 2.45) is 0 Å². The number of anilines is 2. The highest BCUT2D eigenvalue weighted by atomic mass is 16.3. The van der Waals surface area contributed by atoms with Gasteiger partial charge in [-0.3, -0.25) is 4.79 Å². The Bertz CT molecular complexity index is 1150. The van der Waals surface area contributed by atoms with E-state index in [0.29, 0.717) is 39.6 Å². The van der Waals surface area contributed by atoms with Gasteiger partial charge in [-0.05, 0) is 39.0 Å². The van der Waals surface area contributed by atoms with Crippen molar-refractivity contribution in [3.8, 4) is 11.5 Å². The smallest absolute Gasteiger partial charge is 0.258 e. The molecular weight excluding hydrogens is 356 g/mol. The van der Waals surface area contributed by atoms with E-state index in [0.717, 1.165) is 0 Å². The topological polar surface area (TPSA) is 112 Å². The number of nitrogens with two attached hydrogens (primary N) is 1. The lowest BCUT2D eigenvalue weighted by Gasteiger charge is -2.19. The Kier molecular flexibility index (Phi) is 4.11. The molecule has 28 heavy (non-hydrogen) atoms. The summed E-state index contributed by atoms with van der Waals surface area (Å²) in [5.74, 6) is 0.458. The number of nitrogens with zero attached hydrogens (tertiary/aromatic N) is 4. The van der Waals surface area contributed by atoms with Crippen LogP contribution in [0.25, 0.3) is 22.5 Å². The van der Waals surface area contributed by atoms with Gasteiger partial charge in [0.15, 0.2) is 11.4 Å². The monoisotopic (exact) mass is 376 g/mol. The van der Waals surface area contributed by atoms with Gasteiger partial charge in [0.05, 0.1) is 16.5 Å². The third-order valence-electron chi connectivity index (χ3n) is 4.26. The number of nitrogens with one attached hydrogen (secondary N) is 1. The summed E-state index contributed by atoms with van der Waals surface area (Å²) in [6.45, 7) is 6.05. The van der Waals surface area contributed by atoms with Crippen molar-refractivity contribution in [2.45, 2.75) is 26.3 Å². The molecule has 0 saturated heterocycles. The van der Waals surface area contributed by atoms with Crippen LogP contribution in [0.5, 0.6) is 0 Å².